The minimum Gasteiger partial charge on any atom is -0.477 e. The number of anilines is 1. The Bertz CT molecular complexity index is 677. The van der Waals surface area contributed by atoms with Crippen LogP contribution in [-0.2, 0) is 0 Å². The number of amides is 1. The SMILES string of the molecule is Cc1cc(NC(=O)c2c(F)cccc2Br)c(C(=O)O)[nH]1. The second-order valence-electron chi connectivity index (χ2n) is 4.10. The molecule has 0 aliphatic rings. The van der Waals surface area contributed by atoms with E-state index in [0.29, 0.717) is 10.2 Å². The Morgan fingerprint density at radius 1 is 1.40 bits per heavy atom. The van der Waals surface area contributed by atoms with Gasteiger partial charge in [-0.05, 0) is 41.1 Å². The number of carboxylic acids is 1. The molecule has 1 aromatic heterocycles. The highest BCUT2D eigenvalue weighted by Gasteiger charge is 2.19. The lowest BCUT2D eigenvalue weighted by molar-refractivity contribution is 0.0692. The minimum absolute atomic E-state index is 0.0927. The zero-order valence-corrected chi connectivity index (χ0v) is 11.9. The molecule has 1 heterocycles. The summed E-state index contributed by atoms with van der Waals surface area (Å²) in [6.07, 6.45) is 0. The van der Waals surface area contributed by atoms with Gasteiger partial charge in [0, 0.05) is 10.2 Å². The lowest BCUT2D eigenvalue weighted by Gasteiger charge is -2.07. The van der Waals surface area contributed by atoms with Gasteiger partial charge in [-0.25, -0.2) is 9.18 Å². The highest BCUT2D eigenvalue weighted by Crippen LogP contribution is 2.23. The van der Waals surface area contributed by atoms with Crippen molar-refractivity contribution in [2.24, 2.45) is 0 Å². The van der Waals surface area contributed by atoms with Crippen molar-refractivity contribution in [1.82, 2.24) is 4.98 Å². The van der Waals surface area contributed by atoms with Gasteiger partial charge in [-0.15, -0.1) is 0 Å². The molecule has 2 rings (SSSR count). The summed E-state index contributed by atoms with van der Waals surface area (Å²) >= 11 is 3.09. The number of aromatic amines is 1. The molecular formula is C13H10BrFN2O3. The van der Waals surface area contributed by atoms with Crippen molar-refractivity contribution >= 4 is 33.5 Å². The van der Waals surface area contributed by atoms with Crippen LogP contribution in [0.25, 0.3) is 0 Å². The summed E-state index contributed by atoms with van der Waals surface area (Å²) in [6, 6.07) is 5.61. The second kappa shape index (κ2) is 5.46. The number of rotatable bonds is 3. The number of hydrogen-bond donors (Lipinski definition) is 3. The number of carbonyl (C=O) groups is 2. The third kappa shape index (κ3) is 2.72. The Kier molecular flexibility index (Phi) is 3.89. The summed E-state index contributed by atoms with van der Waals surface area (Å²) in [4.78, 5) is 25.7. The van der Waals surface area contributed by atoms with Crippen LogP contribution in [0.4, 0.5) is 10.1 Å². The van der Waals surface area contributed by atoms with Gasteiger partial charge in [0.25, 0.3) is 5.91 Å². The van der Waals surface area contributed by atoms with E-state index in [-0.39, 0.29) is 16.9 Å². The van der Waals surface area contributed by atoms with E-state index >= 15 is 0 Å². The molecule has 0 bridgehead atoms. The van der Waals surface area contributed by atoms with Gasteiger partial charge in [0.2, 0.25) is 0 Å². The number of aromatic nitrogens is 1. The predicted octanol–water partition coefficient (Wildman–Crippen LogP) is 3.18. The Morgan fingerprint density at radius 3 is 2.70 bits per heavy atom. The first-order valence-corrected chi connectivity index (χ1v) is 6.37. The molecule has 3 N–H and O–H groups in total. The first kappa shape index (κ1) is 14.3. The lowest BCUT2D eigenvalue weighted by Crippen LogP contribution is -2.16. The molecule has 0 fully saturated rings. The van der Waals surface area contributed by atoms with E-state index in [4.69, 9.17) is 5.11 Å². The zero-order valence-electron chi connectivity index (χ0n) is 10.3. The molecule has 0 spiro atoms. The Labute approximate surface area is 121 Å². The number of nitrogens with one attached hydrogen (secondary N) is 2. The van der Waals surface area contributed by atoms with Gasteiger partial charge in [0.05, 0.1) is 11.3 Å². The molecule has 2 aromatic rings. The van der Waals surface area contributed by atoms with Gasteiger partial charge in [-0.2, -0.15) is 0 Å². The third-order valence-corrected chi connectivity index (χ3v) is 3.27. The number of halogens is 2. The summed E-state index contributed by atoms with van der Waals surface area (Å²) in [6.45, 7) is 1.65. The van der Waals surface area contributed by atoms with Crippen molar-refractivity contribution in [2.45, 2.75) is 6.92 Å². The molecule has 0 saturated heterocycles. The van der Waals surface area contributed by atoms with Gasteiger partial charge in [-0.3, -0.25) is 4.79 Å². The van der Waals surface area contributed by atoms with E-state index in [1.807, 2.05) is 0 Å². The molecule has 0 unspecified atom stereocenters. The summed E-state index contributed by atoms with van der Waals surface area (Å²) in [5.41, 5.74) is 0.339. The third-order valence-electron chi connectivity index (χ3n) is 2.60. The van der Waals surface area contributed by atoms with Crippen molar-refractivity contribution in [2.75, 3.05) is 5.32 Å². The van der Waals surface area contributed by atoms with Crippen molar-refractivity contribution in [1.29, 1.82) is 0 Å². The van der Waals surface area contributed by atoms with Crippen LogP contribution in [0.5, 0.6) is 0 Å². The fourth-order valence-corrected chi connectivity index (χ4v) is 2.28. The van der Waals surface area contributed by atoms with E-state index in [9.17, 15) is 14.0 Å². The molecule has 0 saturated carbocycles. The molecular weight excluding hydrogens is 331 g/mol. The highest BCUT2D eigenvalue weighted by molar-refractivity contribution is 9.10. The number of aromatic carboxylic acids is 1. The van der Waals surface area contributed by atoms with Crippen LogP contribution in [0.3, 0.4) is 0 Å². The first-order valence-electron chi connectivity index (χ1n) is 5.58. The summed E-state index contributed by atoms with van der Waals surface area (Å²) < 4.78 is 13.9. The van der Waals surface area contributed by atoms with Crippen LogP contribution < -0.4 is 5.32 Å². The zero-order chi connectivity index (χ0) is 14.9. The molecule has 7 heteroatoms. The largest absolute Gasteiger partial charge is 0.477 e. The van der Waals surface area contributed by atoms with Crippen molar-refractivity contribution in [3.05, 3.63) is 51.5 Å². The summed E-state index contributed by atoms with van der Waals surface area (Å²) in [7, 11) is 0. The van der Waals surface area contributed by atoms with Crippen molar-refractivity contribution < 1.29 is 19.1 Å². The number of hydrogen-bond acceptors (Lipinski definition) is 2. The highest BCUT2D eigenvalue weighted by atomic mass is 79.9. The molecule has 0 radical (unpaired) electrons. The first-order chi connectivity index (χ1) is 9.40. The van der Waals surface area contributed by atoms with E-state index in [2.05, 4.69) is 26.2 Å². The van der Waals surface area contributed by atoms with Gasteiger partial charge >= 0.3 is 5.97 Å². The average molecular weight is 341 g/mol. The van der Waals surface area contributed by atoms with Crippen molar-refractivity contribution in [3.63, 3.8) is 0 Å². The Morgan fingerprint density at radius 2 is 2.10 bits per heavy atom. The molecule has 5 nitrogen and oxygen atoms in total. The minimum atomic E-state index is -1.21. The number of carboxylic acid groups (broad SMARTS) is 1. The Balaban J connectivity index is 2.35. The normalized spacial score (nSPS) is 10.3. The van der Waals surface area contributed by atoms with E-state index in [1.165, 1.54) is 18.2 Å². The Hall–Kier alpha value is -2.15. The molecule has 1 aromatic carbocycles. The maximum atomic E-state index is 13.7. The molecule has 1 amide bonds. The van der Waals surface area contributed by atoms with Gasteiger partial charge < -0.3 is 15.4 Å². The molecule has 0 atom stereocenters. The topological polar surface area (TPSA) is 82.2 Å². The van der Waals surface area contributed by atoms with Gasteiger partial charge in [-0.1, -0.05) is 6.07 Å². The average Bonchev–Trinajstić information content (AvgIpc) is 2.70. The van der Waals surface area contributed by atoms with Gasteiger partial charge in [0.15, 0.2) is 0 Å². The summed E-state index contributed by atoms with van der Waals surface area (Å²) in [5, 5.41) is 11.4. The maximum absolute atomic E-state index is 13.7. The van der Waals surface area contributed by atoms with Crippen LogP contribution >= 0.6 is 15.9 Å². The fourth-order valence-electron chi connectivity index (χ4n) is 1.76. The predicted molar refractivity (Wildman–Crippen MR) is 74.5 cm³/mol. The quantitative estimate of drug-likeness (QED) is 0.802. The molecule has 0 aliphatic heterocycles. The molecule has 20 heavy (non-hydrogen) atoms. The standard InChI is InChI=1S/C13H10BrFN2O3/c1-6-5-9(11(16-6)13(19)20)17-12(18)10-7(14)3-2-4-8(10)15/h2-5,16H,1H3,(H,17,18)(H,19,20). The number of aryl methyl sites for hydroxylation is 1. The van der Waals surface area contributed by atoms with E-state index < -0.39 is 17.7 Å². The van der Waals surface area contributed by atoms with Crippen molar-refractivity contribution in [3.8, 4) is 0 Å². The van der Waals surface area contributed by atoms with Crippen LogP contribution in [0.2, 0.25) is 0 Å². The molecule has 0 aliphatic carbocycles. The van der Waals surface area contributed by atoms with Gasteiger partial charge in [0.1, 0.15) is 11.5 Å². The fraction of sp³-hybridized carbons (Fsp3) is 0.0769. The van der Waals surface area contributed by atoms with Crippen LogP contribution in [0, 0.1) is 12.7 Å². The van der Waals surface area contributed by atoms with E-state index in [0.717, 1.165) is 6.07 Å². The lowest BCUT2D eigenvalue weighted by atomic mass is 10.2. The maximum Gasteiger partial charge on any atom is 0.354 e. The smallest absolute Gasteiger partial charge is 0.354 e. The van der Waals surface area contributed by atoms with Crippen LogP contribution in [-0.4, -0.2) is 22.0 Å². The summed E-state index contributed by atoms with van der Waals surface area (Å²) in [5.74, 6) is -2.63. The monoisotopic (exact) mass is 340 g/mol. The number of H-pyrrole nitrogens is 1. The number of carbonyl (C=O) groups excluding carboxylic acids is 1. The van der Waals surface area contributed by atoms with E-state index in [1.54, 1.807) is 6.92 Å². The van der Waals surface area contributed by atoms with Crippen LogP contribution in [0.15, 0.2) is 28.7 Å². The molecule has 104 valence electrons. The second-order valence-corrected chi connectivity index (χ2v) is 4.95. The number of benzene rings is 1. The van der Waals surface area contributed by atoms with Crippen LogP contribution in [0.1, 0.15) is 26.5 Å².